The number of carboxylic acids is 1. The molecule has 2 heterocycles. The number of anilines is 2. The Morgan fingerprint density at radius 3 is 2.75 bits per heavy atom. The molecule has 3 rings (SSSR count). The van der Waals surface area contributed by atoms with E-state index in [4.69, 9.17) is 5.11 Å². The third-order valence-corrected chi connectivity index (χ3v) is 3.60. The van der Waals surface area contributed by atoms with Gasteiger partial charge in [0.15, 0.2) is 11.7 Å². The van der Waals surface area contributed by atoms with Gasteiger partial charge in [-0.1, -0.05) is 6.07 Å². The lowest BCUT2D eigenvalue weighted by Crippen LogP contribution is -2.27. The molecule has 0 bridgehead atoms. The van der Waals surface area contributed by atoms with Crippen LogP contribution in [0, 0.1) is 5.92 Å². The summed E-state index contributed by atoms with van der Waals surface area (Å²) in [7, 11) is 0. The zero-order chi connectivity index (χ0) is 16.9. The Kier molecular flexibility index (Phi) is 4.51. The summed E-state index contributed by atoms with van der Waals surface area (Å²) < 4.78 is 0. The van der Waals surface area contributed by atoms with E-state index in [0.29, 0.717) is 24.3 Å². The smallest absolute Gasteiger partial charge is 0.319 e. The van der Waals surface area contributed by atoms with E-state index in [0.717, 1.165) is 11.5 Å². The highest BCUT2D eigenvalue weighted by molar-refractivity contribution is 6.22. The second-order valence-electron chi connectivity index (χ2n) is 5.26. The van der Waals surface area contributed by atoms with E-state index in [2.05, 4.69) is 20.6 Å². The molecule has 1 aromatic carbocycles. The van der Waals surface area contributed by atoms with Crippen LogP contribution in [0.1, 0.15) is 10.4 Å². The fourth-order valence-corrected chi connectivity index (χ4v) is 2.39. The van der Waals surface area contributed by atoms with Crippen LogP contribution < -0.4 is 10.6 Å². The number of pyridine rings is 1. The molecule has 122 valence electrons. The lowest BCUT2D eigenvalue weighted by atomic mass is 9.94. The van der Waals surface area contributed by atoms with E-state index in [1.54, 1.807) is 24.4 Å². The van der Waals surface area contributed by atoms with Crippen LogP contribution >= 0.6 is 0 Å². The van der Waals surface area contributed by atoms with Crippen molar-refractivity contribution in [2.45, 2.75) is 0 Å². The highest BCUT2D eigenvalue weighted by Gasteiger charge is 2.30. The molecular formula is C17H16N4O3. The number of hydrogen-bond donors (Lipinski definition) is 3. The van der Waals surface area contributed by atoms with Gasteiger partial charge in [-0.25, -0.2) is 4.98 Å². The summed E-state index contributed by atoms with van der Waals surface area (Å²) in [6, 6.07) is 10.7. The number of rotatable bonds is 6. The van der Waals surface area contributed by atoms with Gasteiger partial charge in [0.25, 0.3) is 0 Å². The van der Waals surface area contributed by atoms with Gasteiger partial charge < -0.3 is 15.7 Å². The van der Waals surface area contributed by atoms with Gasteiger partial charge in [-0.15, -0.1) is 0 Å². The SMILES string of the molecule is O=C(O)C1C=Nc2cc(NCCNc3ccccn3)ccc2C1=O. The van der Waals surface area contributed by atoms with Gasteiger partial charge in [0.1, 0.15) is 5.82 Å². The molecule has 7 nitrogen and oxygen atoms in total. The van der Waals surface area contributed by atoms with Gasteiger partial charge in [0.05, 0.1) is 5.69 Å². The summed E-state index contributed by atoms with van der Waals surface area (Å²) in [5.74, 6) is -2.01. The number of hydrogen-bond acceptors (Lipinski definition) is 6. The largest absolute Gasteiger partial charge is 0.480 e. The lowest BCUT2D eigenvalue weighted by molar-refractivity contribution is -0.137. The number of ketones is 1. The topological polar surface area (TPSA) is 104 Å². The number of carbonyl (C=O) groups excluding carboxylic acids is 1. The van der Waals surface area contributed by atoms with Crippen molar-refractivity contribution in [2.24, 2.45) is 10.9 Å². The summed E-state index contributed by atoms with van der Waals surface area (Å²) in [4.78, 5) is 31.3. The number of Topliss-reactive ketones (excluding diaryl/α,β-unsaturated/α-hetero) is 1. The third-order valence-electron chi connectivity index (χ3n) is 3.60. The fourth-order valence-electron chi connectivity index (χ4n) is 2.39. The van der Waals surface area contributed by atoms with Crippen molar-refractivity contribution in [3.8, 4) is 0 Å². The van der Waals surface area contributed by atoms with E-state index >= 15 is 0 Å². The molecule has 1 unspecified atom stereocenters. The second-order valence-corrected chi connectivity index (χ2v) is 5.26. The average molecular weight is 324 g/mol. The Morgan fingerprint density at radius 1 is 1.17 bits per heavy atom. The van der Waals surface area contributed by atoms with Crippen molar-refractivity contribution in [2.75, 3.05) is 23.7 Å². The first-order valence-corrected chi connectivity index (χ1v) is 7.49. The average Bonchev–Trinajstić information content (AvgIpc) is 2.59. The van der Waals surface area contributed by atoms with Gasteiger partial charge in [0.2, 0.25) is 0 Å². The van der Waals surface area contributed by atoms with Gasteiger partial charge in [-0.2, -0.15) is 0 Å². The van der Waals surface area contributed by atoms with E-state index in [1.807, 2.05) is 18.2 Å². The molecule has 1 aliphatic heterocycles. The number of nitrogens with zero attached hydrogens (tertiary/aromatic N) is 2. The summed E-state index contributed by atoms with van der Waals surface area (Å²) in [5.41, 5.74) is 1.64. The number of carboxylic acid groups (broad SMARTS) is 1. The molecule has 1 atom stereocenters. The summed E-state index contributed by atoms with van der Waals surface area (Å²) in [6.07, 6.45) is 2.90. The Hall–Kier alpha value is -3.22. The van der Waals surface area contributed by atoms with Crippen molar-refractivity contribution < 1.29 is 14.7 Å². The van der Waals surface area contributed by atoms with Crippen molar-refractivity contribution in [3.63, 3.8) is 0 Å². The van der Waals surface area contributed by atoms with Crippen molar-refractivity contribution in [3.05, 3.63) is 48.2 Å². The molecule has 0 saturated heterocycles. The molecule has 3 N–H and O–H groups in total. The van der Waals surface area contributed by atoms with Crippen LogP contribution in [0.15, 0.2) is 47.6 Å². The first-order chi connectivity index (χ1) is 11.6. The van der Waals surface area contributed by atoms with Crippen LogP contribution in [0.4, 0.5) is 17.2 Å². The number of benzene rings is 1. The Balaban J connectivity index is 1.59. The third kappa shape index (κ3) is 3.40. The molecule has 0 fully saturated rings. The van der Waals surface area contributed by atoms with Crippen LogP contribution in [0.5, 0.6) is 0 Å². The van der Waals surface area contributed by atoms with Crippen LogP contribution in [-0.4, -0.2) is 41.1 Å². The molecule has 0 radical (unpaired) electrons. The van der Waals surface area contributed by atoms with E-state index in [1.165, 1.54) is 6.21 Å². The molecule has 0 aliphatic carbocycles. The predicted octanol–water partition coefficient (Wildman–Crippen LogP) is 2.21. The minimum Gasteiger partial charge on any atom is -0.480 e. The fraction of sp³-hybridized carbons (Fsp3) is 0.176. The number of nitrogens with one attached hydrogen (secondary N) is 2. The number of aliphatic carboxylic acids is 1. The van der Waals surface area contributed by atoms with Gasteiger partial charge in [0, 0.05) is 36.8 Å². The van der Waals surface area contributed by atoms with Crippen molar-refractivity contribution >= 4 is 35.2 Å². The standard InChI is InChI=1S/C17H16N4O3/c22-16-12-5-4-11(9-14(12)21-10-13(16)17(23)24)18-7-8-20-15-3-1-2-6-19-15/h1-6,9-10,13,18H,7-8H2,(H,19,20)(H,23,24). The second kappa shape index (κ2) is 6.91. The monoisotopic (exact) mass is 324 g/mol. The maximum Gasteiger partial charge on any atom is 0.319 e. The highest BCUT2D eigenvalue weighted by atomic mass is 16.4. The Bertz CT molecular complexity index is 790. The van der Waals surface area contributed by atoms with Crippen molar-refractivity contribution in [1.29, 1.82) is 0 Å². The molecule has 0 amide bonds. The minimum atomic E-state index is -1.20. The number of fused-ring (bicyclic) bond motifs is 1. The summed E-state index contributed by atoms with van der Waals surface area (Å²) in [5, 5.41) is 15.4. The predicted molar refractivity (Wildman–Crippen MR) is 91.3 cm³/mol. The zero-order valence-electron chi connectivity index (χ0n) is 12.8. The van der Waals surface area contributed by atoms with Crippen LogP contribution in [0.3, 0.4) is 0 Å². The molecule has 0 spiro atoms. The quantitative estimate of drug-likeness (QED) is 0.556. The van der Waals surface area contributed by atoms with Crippen LogP contribution in [0.25, 0.3) is 0 Å². The first kappa shape index (κ1) is 15.7. The van der Waals surface area contributed by atoms with E-state index in [9.17, 15) is 9.59 Å². The summed E-state index contributed by atoms with van der Waals surface area (Å²) in [6.45, 7) is 1.34. The van der Waals surface area contributed by atoms with Gasteiger partial charge in [-0.05, 0) is 30.3 Å². The first-order valence-electron chi connectivity index (χ1n) is 7.49. The molecule has 1 aliphatic rings. The molecule has 24 heavy (non-hydrogen) atoms. The van der Waals surface area contributed by atoms with Crippen LogP contribution in [0.2, 0.25) is 0 Å². The Morgan fingerprint density at radius 2 is 2.00 bits per heavy atom. The molecule has 2 aromatic rings. The Labute approximate surface area is 138 Å². The maximum atomic E-state index is 12.1. The number of aromatic nitrogens is 1. The van der Waals surface area contributed by atoms with Gasteiger partial charge in [-0.3, -0.25) is 14.6 Å². The minimum absolute atomic E-state index is 0.335. The molecule has 7 heteroatoms. The molecular weight excluding hydrogens is 308 g/mol. The number of aliphatic imine (C=N–C) groups is 1. The van der Waals surface area contributed by atoms with E-state index in [-0.39, 0.29) is 0 Å². The normalized spacial score (nSPS) is 15.7. The van der Waals surface area contributed by atoms with Gasteiger partial charge >= 0.3 is 5.97 Å². The number of carbonyl (C=O) groups is 2. The highest BCUT2D eigenvalue weighted by Crippen LogP contribution is 2.29. The van der Waals surface area contributed by atoms with E-state index < -0.39 is 17.7 Å². The van der Waals surface area contributed by atoms with Crippen molar-refractivity contribution in [1.82, 2.24) is 4.98 Å². The van der Waals surface area contributed by atoms with Crippen LogP contribution in [-0.2, 0) is 4.79 Å². The summed E-state index contributed by atoms with van der Waals surface area (Å²) >= 11 is 0. The molecule has 1 aromatic heterocycles. The maximum absolute atomic E-state index is 12.1. The lowest BCUT2D eigenvalue weighted by Gasteiger charge is -2.15. The molecule has 0 saturated carbocycles. The zero-order valence-corrected chi connectivity index (χ0v) is 12.8.